The van der Waals surface area contributed by atoms with Crippen LogP contribution in [0, 0.1) is 0 Å². The lowest BCUT2D eigenvalue weighted by Crippen LogP contribution is -2.37. The summed E-state index contributed by atoms with van der Waals surface area (Å²) in [5.41, 5.74) is -2.05. The molecule has 1 heterocycles. The van der Waals surface area contributed by atoms with Gasteiger partial charge in [-0.25, -0.2) is 13.2 Å². The molecule has 1 aromatic rings. The van der Waals surface area contributed by atoms with E-state index >= 15 is 0 Å². The molecule has 0 spiro atoms. The molecule has 1 rings (SSSR count). The highest BCUT2D eigenvalue weighted by Crippen LogP contribution is 2.07. The van der Waals surface area contributed by atoms with Crippen LogP contribution in [-0.4, -0.2) is 44.1 Å². The molecule has 0 atom stereocenters. The number of carbonyl (C=O) groups excluding carboxylic acids is 1. The van der Waals surface area contributed by atoms with Gasteiger partial charge in [-0.1, -0.05) is 0 Å². The minimum absolute atomic E-state index is 0.230. The number of aromatic amines is 1. The summed E-state index contributed by atoms with van der Waals surface area (Å²) >= 11 is 0. The number of nitrogens with zero attached hydrogens (tertiary/aromatic N) is 1. The lowest BCUT2D eigenvalue weighted by atomic mass is 10.5. The molecule has 0 saturated heterocycles. The molecule has 1 aromatic heterocycles. The van der Waals surface area contributed by atoms with Crippen molar-refractivity contribution in [2.24, 2.45) is 0 Å². The summed E-state index contributed by atoms with van der Waals surface area (Å²) < 4.78 is 27.7. The van der Waals surface area contributed by atoms with E-state index in [2.05, 4.69) is 5.32 Å². The van der Waals surface area contributed by atoms with Crippen LogP contribution in [0.25, 0.3) is 0 Å². The Morgan fingerprint density at radius 1 is 1.50 bits per heavy atom. The van der Waals surface area contributed by atoms with Crippen molar-refractivity contribution in [1.82, 2.24) is 14.9 Å². The molecule has 0 aliphatic rings. The second kappa shape index (κ2) is 6.68. The summed E-state index contributed by atoms with van der Waals surface area (Å²) in [7, 11) is 2.19. The summed E-state index contributed by atoms with van der Waals surface area (Å²) in [5.74, 6) is -0.547. The predicted molar refractivity (Wildman–Crippen MR) is 69.2 cm³/mol. The topological polar surface area (TPSA) is 127 Å². The van der Waals surface area contributed by atoms with E-state index in [1.807, 2.05) is 0 Å². The minimum Gasteiger partial charge on any atom is -0.383 e. The number of H-pyrrole nitrogens is 1. The standard InChI is InChI=1S/C9H12ClN3O6S/c1-19-3-2-11-7(14)5-13-4-6(20(10,17)18)8(15)12-9(13)16/h4H,2-3,5H2,1H3,(H,11,14)(H,12,15,16). The Hall–Kier alpha value is -1.65. The van der Waals surface area contributed by atoms with E-state index in [-0.39, 0.29) is 13.2 Å². The SMILES string of the molecule is COCCNC(=O)Cn1cc(S(=O)(=O)Cl)c(=O)[nH]c1=O. The zero-order valence-corrected chi connectivity index (χ0v) is 12.0. The van der Waals surface area contributed by atoms with Crippen LogP contribution in [0.5, 0.6) is 0 Å². The molecule has 11 heteroatoms. The highest BCUT2D eigenvalue weighted by molar-refractivity contribution is 8.13. The van der Waals surface area contributed by atoms with Crippen molar-refractivity contribution in [3.8, 4) is 0 Å². The third kappa shape index (κ3) is 4.47. The van der Waals surface area contributed by atoms with Gasteiger partial charge in [0.25, 0.3) is 14.6 Å². The van der Waals surface area contributed by atoms with Crippen molar-refractivity contribution >= 4 is 25.6 Å². The highest BCUT2D eigenvalue weighted by Gasteiger charge is 2.18. The number of ether oxygens (including phenoxy) is 1. The smallest absolute Gasteiger partial charge is 0.328 e. The van der Waals surface area contributed by atoms with E-state index in [1.165, 1.54) is 7.11 Å². The first kappa shape index (κ1) is 16.4. The maximum atomic E-state index is 11.5. The predicted octanol–water partition coefficient (Wildman–Crippen LogP) is -1.77. The number of rotatable bonds is 6. The molecule has 0 aliphatic carbocycles. The van der Waals surface area contributed by atoms with Gasteiger partial charge in [-0.3, -0.25) is 19.1 Å². The van der Waals surface area contributed by atoms with Crippen molar-refractivity contribution < 1.29 is 17.9 Å². The fourth-order valence-corrected chi connectivity index (χ4v) is 2.14. The van der Waals surface area contributed by atoms with Crippen LogP contribution in [0.1, 0.15) is 0 Å². The average molecular weight is 326 g/mol. The summed E-state index contributed by atoms with van der Waals surface area (Å²) in [5, 5.41) is 2.43. The zero-order chi connectivity index (χ0) is 15.3. The van der Waals surface area contributed by atoms with E-state index in [0.29, 0.717) is 0 Å². The Labute approximate surface area is 117 Å². The van der Waals surface area contributed by atoms with Crippen LogP contribution in [-0.2, 0) is 25.1 Å². The summed E-state index contributed by atoms with van der Waals surface area (Å²) in [4.78, 5) is 35.2. The molecule has 0 aliphatic heterocycles. The first-order valence-electron chi connectivity index (χ1n) is 5.29. The largest absolute Gasteiger partial charge is 0.383 e. The highest BCUT2D eigenvalue weighted by atomic mass is 35.7. The van der Waals surface area contributed by atoms with Gasteiger partial charge in [0.05, 0.1) is 6.61 Å². The van der Waals surface area contributed by atoms with Gasteiger partial charge in [-0.15, -0.1) is 0 Å². The van der Waals surface area contributed by atoms with Gasteiger partial charge in [-0.05, 0) is 0 Å². The summed E-state index contributed by atoms with van der Waals surface area (Å²) in [6.45, 7) is 0.0560. The first-order chi connectivity index (χ1) is 9.25. The van der Waals surface area contributed by atoms with Crippen LogP contribution >= 0.6 is 10.7 Å². The van der Waals surface area contributed by atoms with Gasteiger partial charge in [-0.2, -0.15) is 0 Å². The van der Waals surface area contributed by atoms with Gasteiger partial charge >= 0.3 is 5.69 Å². The zero-order valence-electron chi connectivity index (χ0n) is 10.4. The Balaban J connectivity index is 3.00. The maximum Gasteiger partial charge on any atom is 0.328 e. The lowest BCUT2D eigenvalue weighted by Gasteiger charge is -2.07. The lowest BCUT2D eigenvalue weighted by molar-refractivity contribution is -0.121. The van der Waals surface area contributed by atoms with Crippen molar-refractivity contribution in [2.45, 2.75) is 11.4 Å². The molecule has 0 aromatic carbocycles. The van der Waals surface area contributed by atoms with E-state index in [0.717, 1.165) is 10.8 Å². The summed E-state index contributed by atoms with van der Waals surface area (Å²) in [6.07, 6.45) is 0.722. The van der Waals surface area contributed by atoms with Crippen molar-refractivity contribution in [1.29, 1.82) is 0 Å². The van der Waals surface area contributed by atoms with Crippen LogP contribution in [0.15, 0.2) is 20.7 Å². The van der Waals surface area contributed by atoms with E-state index in [4.69, 9.17) is 15.4 Å². The molecule has 0 bridgehead atoms. The van der Waals surface area contributed by atoms with Gasteiger partial charge in [0.1, 0.15) is 6.54 Å². The van der Waals surface area contributed by atoms with Gasteiger partial charge in [0, 0.05) is 30.5 Å². The number of hydrogen-bond donors (Lipinski definition) is 2. The number of carbonyl (C=O) groups is 1. The quantitative estimate of drug-likeness (QED) is 0.470. The molecule has 2 N–H and O–H groups in total. The molecule has 112 valence electrons. The number of nitrogens with one attached hydrogen (secondary N) is 2. The Morgan fingerprint density at radius 2 is 2.15 bits per heavy atom. The number of methoxy groups -OCH3 is 1. The fraction of sp³-hybridized carbons (Fsp3) is 0.444. The van der Waals surface area contributed by atoms with E-state index in [9.17, 15) is 22.8 Å². The molecule has 0 fully saturated rings. The number of aromatic nitrogens is 2. The van der Waals surface area contributed by atoms with Gasteiger partial charge < -0.3 is 10.1 Å². The van der Waals surface area contributed by atoms with Crippen LogP contribution in [0.4, 0.5) is 0 Å². The molecular weight excluding hydrogens is 314 g/mol. The normalized spacial score (nSPS) is 11.3. The maximum absolute atomic E-state index is 11.5. The Bertz CT molecular complexity index is 707. The minimum atomic E-state index is -4.31. The number of hydrogen-bond acceptors (Lipinski definition) is 6. The molecule has 0 saturated carbocycles. The molecule has 20 heavy (non-hydrogen) atoms. The van der Waals surface area contributed by atoms with Crippen molar-refractivity contribution in [3.05, 3.63) is 27.0 Å². The first-order valence-corrected chi connectivity index (χ1v) is 7.60. The third-order valence-electron chi connectivity index (χ3n) is 2.18. The molecule has 0 radical (unpaired) electrons. The number of amides is 1. The third-order valence-corrected chi connectivity index (χ3v) is 3.50. The molecule has 1 amide bonds. The molecule has 9 nitrogen and oxygen atoms in total. The second-order valence-corrected chi connectivity index (χ2v) is 6.20. The van der Waals surface area contributed by atoms with E-state index in [1.54, 1.807) is 4.98 Å². The Morgan fingerprint density at radius 3 is 2.70 bits per heavy atom. The van der Waals surface area contributed by atoms with Crippen LogP contribution in [0.2, 0.25) is 0 Å². The Kier molecular flexibility index (Phi) is 5.48. The monoisotopic (exact) mass is 325 g/mol. The summed E-state index contributed by atoms with van der Waals surface area (Å²) in [6, 6.07) is 0. The second-order valence-electron chi connectivity index (χ2n) is 3.66. The fourth-order valence-electron chi connectivity index (χ4n) is 1.28. The van der Waals surface area contributed by atoms with Gasteiger partial charge in [0.15, 0.2) is 4.90 Å². The van der Waals surface area contributed by atoms with E-state index < -0.39 is 37.6 Å². The number of halogens is 1. The van der Waals surface area contributed by atoms with Crippen LogP contribution < -0.4 is 16.6 Å². The van der Waals surface area contributed by atoms with Crippen LogP contribution in [0.3, 0.4) is 0 Å². The van der Waals surface area contributed by atoms with Gasteiger partial charge in [0.2, 0.25) is 5.91 Å². The average Bonchev–Trinajstić information content (AvgIpc) is 2.31. The molecule has 0 unspecified atom stereocenters. The van der Waals surface area contributed by atoms with Crippen molar-refractivity contribution in [3.63, 3.8) is 0 Å². The van der Waals surface area contributed by atoms with Crippen molar-refractivity contribution in [2.75, 3.05) is 20.3 Å². The molecular formula is C9H12ClN3O6S.